The Morgan fingerprint density at radius 2 is 1.72 bits per heavy atom. The van der Waals surface area contributed by atoms with Crippen LogP contribution in [0.4, 0.5) is 0 Å². The molecule has 0 fully saturated rings. The van der Waals surface area contributed by atoms with Gasteiger partial charge in [-0.3, -0.25) is 0 Å². The van der Waals surface area contributed by atoms with Gasteiger partial charge in [0.2, 0.25) is 0 Å². The molecule has 94 valence electrons. The maximum Gasteiger partial charge on any atom is 0.115 e. The quantitative estimate of drug-likeness (QED) is 0.742. The minimum absolute atomic E-state index is 0.681. The summed E-state index contributed by atoms with van der Waals surface area (Å²) in [7, 11) is 0. The molecule has 2 nitrogen and oxygen atoms in total. The van der Waals surface area contributed by atoms with Crippen molar-refractivity contribution in [3.8, 4) is 11.1 Å². The van der Waals surface area contributed by atoms with E-state index < -0.39 is 0 Å². The van der Waals surface area contributed by atoms with Gasteiger partial charge in [0.15, 0.2) is 0 Å². The Balaban J connectivity index is 2.06. The molecule has 0 saturated heterocycles. The van der Waals surface area contributed by atoms with Gasteiger partial charge in [0, 0.05) is 28.1 Å². The van der Waals surface area contributed by atoms with E-state index in [1.165, 1.54) is 23.3 Å². The summed E-state index contributed by atoms with van der Waals surface area (Å²) in [4.78, 5) is 9.41. The van der Waals surface area contributed by atoms with Crippen LogP contribution < -0.4 is 0 Å². The van der Waals surface area contributed by atoms with Crippen LogP contribution in [0.2, 0.25) is 0 Å². The first kappa shape index (κ1) is 13.1. The Bertz CT molecular complexity index is 468. The summed E-state index contributed by atoms with van der Waals surface area (Å²) in [6.45, 7) is 4.52. The van der Waals surface area contributed by atoms with Gasteiger partial charge >= 0.3 is 0 Å². The zero-order chi connectivity index (χ0) is 12.8. The number of benzene rings is 1. The smallest absolute Gasteiger partial charge is 0.115 e. The fourth-order valence-corrected chi connectivity index (χ4v) is 2.98. The second-order valence-electron chi connectivity index (χ2n) is 4.37. The van der Waals surface area contributed by atoms with E-state index in [0.29, 0.717) is 5.25 Å². The van der Waals surface area contributed by atoms with Gasteiger partial charge in [-0.1, -0.05) is 32.4 Å². The maximum atomic E-state index is 4.04. The second-order valence-corrected chi connectivity index (χ2v) is 5.88. The molecule has 0 aliphatic heterocycles. The number of hydrogen-bond acceptors (Lipinski definition) is 3. The minimum Gasteiger partial charge on any atom is -0.244 e. The average Bonchev–Trinajstić information content (AvgIpc) is 2.41. The summed E-state index contributed by atoms with van der Waals surface area (Å²) in [5, 5.41) is 0.681. The fourth-order valence-electron chi connectivity index (χ4n) is 1.87. The molecule has 0 bridgehead atoms. The van der Waals surface area contributed by atoms with E-state index in [1.54, 1.807) is 6.33 Å². The molecule has 0 amide bonds. The van der Waals surface area contributed by atoms with E-state index in [-0.39, 0.29) is 0 Å². The molecule has 1 aromatic carbocycles. The molecular weight excluding hydrogens is 240 g/mol. The predicted octanol–water partition coefficient (Wildman–Crippen LogP) is 4.42. The number of nitrogens with zero attached hydrogens (tertiary/aromatic N) is 2. The highest BCUT2D eigenvalue weighted by atomic mass is 32.2. The lowest BCUT2D eigenvalue weighted by Gasteiger charge is -2.10. The number of hydrogen-bond donors (Lipinski definition) is 0. The summed E-state index contributed by atoms with van der Waals surface area (Å²) in [5.74, 6) is 0. The lowest BCUT2D eigenvalue weighted by molar-refractivity contribution is 0.787. The van der Waals surface area contributed by atoms with Gasteiger partial charge in [-0.15, -0.1) is 11.8 Å². The van der Waals surface area contributed by atoms with E-state index in [1.807, 2.05) is 24.2 Å². The summed E-state index contributed by atoms with van der Waals surface area (Å²) < 4.78 is 0. The van der Waals surface area contributed by atoms with Crippen LogP contribution in [0.25, 0.3) is 11.1 Å². The Morgan fingerprint density at radius 1 is 1.06 bits per heavy atom. The largest absolute Gasteiger partial charge is 0.244 e. The van der Waals surface area contributed by atoms with Gasteiger partial charge < -0.3 is 0 Å². The Labute approximate surface area is 113 Å². The summed E-state index contributed by atoms with van der Waals surface area (Å²) in [5.41, 5.74) is 2.23. The maximum absolute atomic E-state index is 4.04. The van der Waals surface area contributed by atoms with Crippen molar-refractivity contribution in [2.75, 3.05) is 0 Å². The Morgan fingerprint density at radius 3 is 2.33 bits per heavy atom. The van der Waals surface area contributed by atoms with E-state index in [9.17, 15) is 0 Å². The van der Waals surface area contributed by atoms with Crippen LogP contribution in [0, 0.1) is 0 Å². The third kappa shape index (κ3) is 3.57. The molecule has 0 aliphatic rings. The molecule has 3 heteroatoms. The van der Waals surface area contributed by atoms with Crippen LogP contribution in [0.5, 0.6) is 0 Å². The first-order valence-corrected chi connectivity index (χ1v) is 7.19. The van der Waals surface area contributed by atoms with Crippen molar-refractivity contribution in [2.24, 2.45) is 0 Å². The molecular formula is C15H18N2S. The van der Waals surface area contributed by atoms with Crippen LogP contribution in [0.1, 0.15) is 26.7 Å². The van der Waals surface area contributed by atoms with Crippen molar-refractivity contribution >= 4 is 11.8 Å². The van der Waals surface area contributed by atoms with Gasteiger partial charge in [-0.05, 0) is 24.1 Å². The van der Waals surface area contributed by atoms with E-state index >= 15 is 0 Å². The van der Waals surface area contributed by atoms with Crippen molar-refractivity contribution in [3.63, 3.8) is 0 Å². The van der Waals surface area contributed by atoms with E-state index in [0.717, 1.165) is 5.56 Å². The highest BCUT2D eigenvalue weighted by molar-refractivity contribution is 7.99. The van der Waals surface area contributed by atoms with Gasteiger partial charge in [-0.25, -0.2) is 9.97 Å². The summed E-state index contributed by atoms with van der Waals surface area (Å²) in [6.07, 6.45) is 7.75. The van der Waals surface area contributed by atoms with Gasteiger partial charge in [-0.2, -0.15) is 0 Å². The third-order valence-corrected chi connectivity index (χ3v) is 3.96. The first-order valence-electron chi connectivity index (χ1n) is 6.31. The predicted molar refractivity (Wildman–Crippen MR) is 77.7 cm³/mol. The first-order chi connectivity index (χ1) is 8.79. The topological polar surface area (TPSA) is 25.8 Å². The highest BCUT2D eigenvalue weighted by Crippen LogP contribution is 2.28. The second kappa shape index (κ2) is 6.55. The van der Waals surface area contributed by atoms with Crippen LogP contribution in [0.15, 0.2) is 47.9 Å². The van der Waals surface area contributed by atoms with E-state index in [2.05, 4.69) is 48.1 Å². The normalized spacial score (nSPS) is 12.3. The zero-order valence-electron chi connectivity index (χ0n) is 10.8. The summed E-state index contributed by atoms with van der Waals surface area (Å²) in [6, 6.07) is 8.64. The van der Waals surface area contributed by atoms with Crippen LogP contribution in [-0.4, -0.2) is 15.2 Å². The molecule has 1 atom stereocenters. The molecule has 0 radical (unpaired) electrons. The molecule has 0 N–H and O–H groups in total. The number of thioether (sulfide) groups is 1. The lowest BCUT2D eigenvalue weighted by Crippen LogP contribution is -1.93. The van der Waals surface area contributed by atoms with Crippen LogP contribution in [-0.2, 0) is 0 Å². The third-order valence-electron chi connectivity index (χ3n) is 2.78. The molecule has 0 saturated carbocycles. The molecule has 0 aliphatic carbocycles. The highest BCUT2D eigenvalue weighted by Gasteiger charge is 2.04. The van der Waals surface area contributed by atoms with Crippen LogP contribution in [0.3, 0.4) is 0 Å². The van der Waals surface area contributed by atoms with Crippen molar-refractivity contribution < 1.29 is 0 Å². The molecule has 1 unspecified atom stereocenters. The van der Waals surface area contributed by atoms with E-state index in [4.69, 9.17) is 0 Å². The molecule has 2 aromatic rings. The summed E-state index contributed by atoms with van der Waals surface area (Å²) >= 11 is 1.94. The van der Waals surface area contributed by atoms with Gasteiger partial charge in [0.05, 0.1) is 0 Å². The molecule has 2 rings (SSSR count). The monoisotopic (exact) mass is 258 g/mol. The average molecular weight is 258 g/mol. The van der Waals surface area contributed by atoms with Gasteiger partial charge in [0.1, 0.15) is 6.33 Å². The molecule has 0 spiro atoms. The lowest BCUT2D eigenvalue weighted by atomic mass is 10.1. The molecule has 18 heavy (non-hydrogen) atoms. The Kier molecular flexibility index (Phi) is 4.76. The van der Waals surface area contributed by atoms with Crippen molar-refractivity contribution in [2.45, 2.75) is 36.8 Å². The molecule has 1 heterocycles. The molecule has 1 aromatic heterocycles. The SMILES string of the molecule is CCCC(C)Sc1ccc(-c2cncnc2)cc1. The fraction of sp³-hybridized carbons (Fsp3) is 0.333. The van der Waals surface area contributed by atoms with Crippen molar-refractivity contribution in [1.29, 1.82) is 0 Å². The van der Waals surface area contributed by atoms with Crippen molar-refractivity contribution in [3.05, 3.63) is 43.0 Å². The zero-order valence-corrected chi connectivity index (χ0v) is 11.7. The number of aromatic nitrogens is 2. The number of rotatable bonds is 5. The standard InChI is InChI=1S/C15H18N2S/c1-3-4-12(2)18-15-7-5-13(6-8-15)14-9-16-11-17-10-14/h5-12H,3-4H2,1-2H3. The van der Waals surface area contributed by atoms with Gasteiger partial charge in [0.25, 0.3) is 0 Å². The minimum atomic E-state index is 0.681. The Hall–Kier alpha value is -1.35. The van der Waals surface area contributed by atoms with Crippen molar-refractivity contribution in [1.82, 2.24) is 9.97 Å². The van der Waals surface area contributed by atoms with Crippen LogP contribution >= 0.6 is 11.8 Å².